The van der Waals surface area contributed by atoms with Gasteiger partial charge in [-0.2, -0.15) is 0 Å². The number of aromatic nitrogens is 2. The van der Waals surface area contributed by atoms with Crippen LogP contribution in [0.5, 0.6) is 0 Å². The van der Waals surface area contributed by atoms with Crippen molar-refractivity contribution in [2.75, 3.05) is 0 Å². The number of hydrogen-bond donors (Lipinski definition) is 0. The first-order chi connectivity index (χ1) is 10.1. The van der Waals surface area contributed by atoms with Crippen molar-refractivity contribution in [2.24, 2.45) is 0 Å². The Labute approximate surface area is 144 Å². The van der Waals surface area contributed by atoms with Gasteiger partial charge in [-0.3, -0.25) is 0 Å². The van der Waals surface area contributed by atoms with Gasteiger partial charge in [0.05, 0.1) is 0 Å². The molecule has 0 saturated heterocycles. The van der Waals surface area contributed by atoms with E-state index < -0.39 is 0 Å². The third kappa shape index (κ3) is 3.25. The molecule has 1 atom stereocenters. The molecule has 3 rings (SSSR count). The predicted octanol–water partition coefficient (Wildman–Crippen LogP) is 5.28. The average molecular weight is 431 g/mol. The van der Waals surface area contributed by atoms with E-state index in [1.807, 2.05) is 30.3 Å². The largest absolute Gasteiger partial charge is 0.207 e. The summed E-state index contributed by atoms with van der Waals surface area (Å²) < 4.78 is 14.0. The molecule has 1 unspecified atom stereocenters. The second kappa shape index (κ2) is 6.37. The molecule has 21 heavy (non-hydrogen) atoms. The summed E-state index contributed by atoms with van der Waals surface area (Å²) in [7, 11) is 0. The Morgan fingerprint density at radius 3 is 2.57 bits per heavy atom. The molecule has 1 heterocycles. The zero-order chi connectivity index (χ0) is 14.8. The summed E-state index contributed by atoms with van der Waals surface area (Å²) in [6.07, 6.45) is 0. The Bertz CT molecular complexity index is 763. The van der Waals surface area contributed by atoms with Gasteiger partial charge in [0.25, 0.3) is 0 Å². The van der Waals surface area contributed by atoms with Crippen LogP contribution >= 0.6 is 45.5 Å². The van der Waals surface area contributed by atoms with E-state index in [2.05, 4.69) is 32.8 Å². The molecule has 0 fully saturated rings. The van der Waals surface area contributed by atoms with Crippen molar-refractivity contribution in [3.05, 3.63) is 68.5 Å². The molecule has 0 spiro atoms. The molecule has 0 bridgehead atoms. The molecule has 2 nitrogen and oxygen atoms in total. The second-order valence-electron chi connectivity index (χ2n) is 4.34. The maximum absolute atomic E-state index is 13.2. The van der Waals surface area contributed by atoms with Crippen LogP contribution in [-0.4, -0.2) is 10.2 Å². The first-order valence-corrected chi connectivity index (χ1v) is 8.46. The Morgan fingerprint density at radius 2 is 1.86 bits per heavy atom. The molecule has 2 aromatic carbocycles. The molecule has 6 heteroatoms. The van der Waals surface area contributed by atoms with Gasteiger partial charge >= 0.3 is 0 Å². The van der Waals surface area contributed by atoms with Crippen LogP contribution in [0.25, 0.3) is 10.6 Å². The fourth-order valence-corrected chi connectivity index (χ4v) is 4.00. The molecule has 0 aliphatic carbocycles. The van der Waals surface area contributed by atoms with E-state index in [0.717, 1.165) is 24.7 Å². The quantitative estimate of drug-likeness (QED) is 0.417. The van der Waals surface area contributed by atoms with E-state index in [9.17, 15) is 4.39 Å². The lowest BCUT2D eigenvalue weighted by Crippen LogP contribution is -1.91. The van der Waals surface area contributed by atoms with Gasteiger partial charge in [0.15, 0.2) is 0 Å². The van der Waals surface area contributed by atoms with Gasteiger partial charge < -0.3 is 0 Å². The van der Waals surface area contributed by atoms with E-state index >= 15 is 0 Å². The van der Waals surface area contributed by atoms with Gasteiger partial charge in [-0.1, -0.05) is 41.7 Å². The highest BCUT2D eigenvalue weighted by molar-refractivity contribution is 14.1. The highest BCUT2D eigenvalue weighted by atomic mass is 127. The van der Waals surface area contributed by atoms with Crippen LogP contribution in [0.3, 0.4) is 0 Å². The van der Waals surface area contributed by atoms with E-state index in [-0.39, 0.29) is 11.2 Å². The Balaban J connectivity index is 1.93. The van der Waals surface area contributed by atoms with Crippen molar-refractivity contribution in [2.45, 2.75) is 5.38 Å². The summed E-state index contributed by atoms with van der Waals surface area (Å²) in [6.45, 7) is 0. The molecule has 0 N–H and O–H groups in total. The summed E-state index contributed by atoms with van der Waals surface area (Å²) in [5.41, 5.74) is 1.85. The molecule has 3 aromatic rings. The van der Waals surface area contributed by atoms with Gasteiger partial charge in [0.2, 0.25) is 0 Å². The smallest absolute Gasteiger partial charge is 0.148 e. The fraction of sp³-hybridized carbons (Fsp3) is 0.0667. The van der Waals surface area contributed by atoms with Crippen LogP contribution < -0.4 is 0 Å². The number of nitrogens with zero attached hydrogens (tertiary/aromatic N) is 2. The molecular formula is C15H9ClFIN2S. The minimum atomic E-state index is -0.324. The Kier molecular flexibility index (Phi) is 4.51. The van der Waals surface area contributed by atoms with Crippen molar-refractivity contribution < 1.29 is 4.39 Å². The summed E-state index contributed by atoms with van der Waals surface area (Å²) in [5.74, 6) is -0.257. The number of halogens is 3. The topological polar surface area (TPSA) is 25.8 Å². The van der Waals surface area contributed by atoms with E-state index in [0.29, 0.717) is 0 Å². The zero-order valence-electron chi connectivity index (χ0n) is 10.6. The second-order valence-corrected chi connectivity index (χ2v) is 6.95. The van der Waals surface area contributed by atoms with Crippen molar-refractivity contribution in [3.63, 3.8) is 0 Å². The van der Waals surface area contributed by atoms with E-state index in [1.54, 1.807) is 6.07 Å². The minimum absolute atomic E-state index is 0.257. The highest BCUT2D eigenvalue weighted by Gasteiger charge is 2.17. The van der Waals surface area contributed by atoms with Crippen LogP contribution in [0, 0.1) is 9.39 Å². The maximum atomic E-state index is 13.2. The van der Waals surface area contributed by atoms with Crippen molar-refractivity contribution in [1.82, 2.24) is 10.2 Å². The third-order valence-corrected chi connectivity index (χ3v) is 5.41. The molecule has 0 radical (unpaired) electrons. The van der Waals surface area contributed by atoms with Crippen molar-refractivity contribution >= 4 is 45.5 Å². The fourth-order valence-electron chi connectivity index (χ4n) is 1.87. The summed E-state index contributed by atoms with van der Waals surface area (Å²) in [4.78, 5) is 0. The van der Waals surface area contributed by atoms with Gasteiger partial charge in [0, 0.05) is 9.13 Å². The molecule has 0 amide bonds. The lowest BCUT2D eigenvalue weighted by atomic mass is 10.1. The van der Waals surface area contributed by atoms with Crippen molar-refractivity contribution in [1.29, 1.82) is 0 Å². The van der Waals surface area contributed by atoms with E-state index in [4.69, 9.17) is 11.6 Å². The molecule has 0 saturated carbocycles. The zero-order valence-corrected chi connectivity index (χ0v) is 14.4. The first-order valence-electron chi connectivity index (χ1n) is 6.13. The predicted molar refractivity (Wildman–Crippen MR) is 92.2 cm³/mol. The molecular weight excluding hydrogens is 422 g/mol. The normalized spacial score (nSPS) is 12.3. The monoisotopic (exact) mass is 430 g/mol. The molecule has 1 aromatic heterocycles. The lowest BCUT2D eigenvalue weighted by molar-refractivity contribution is 0.627. The van der Waals surface area contributed by atoms with Gasteiger partial charge in [-0.15, -0.1) is 21.8 Å². The minimum Gasteiger partial charge on any atom is -0.207 e. The van der Waals surface area contributed by atoms with Crippen LogP contribution in [0.4, 0.5) is 4.39 Å². The highest BCUT2D eigenvalue weighted by Crippen LogP contribution is 2.35. The lowest BCUT2D eigenvalue weighted by Gasteiger charge is -2.04. The van der Waals surface area contributed by atoms with Crippen LogP contribution in [-0.2, 0) is 0 Å². The Hall–Kier alpha value is -1.05. The number of benzene rings is 2. The van der Waals surface area contributed by atoms with Crippen molar-refractivity contribution in [3.8, 4) is 10.6 Å². The Morgan fingerprint density at radius 1 is 1.10 bits per heavy atom. The molecule has 106 valence electrons. The van der Waals surface area contributed by atoms with Gasteiger partial charge in [0.1, 0.15) is 21.2 Å². The third-order valence-electron chi connectivity index (χ3n) is 2.91. The van der Waals surface area contributed by atoms with Crippen LogP contribution in [0.15, 0.2) is 48.5 Å². The standard InChI is InChI=1S/C15H9ClFIN2S/c16-13(9-4-2-1-3-5-9)15-20-19-14(21-15)11-7-6-10(17)8-12(11)18/h1-8,13H. The number of alkyl halides is 1. The molecule has 0 aliphatic rings. The SMILES string of the molecule is Fc1ccc(-c2nnc(C(Cl)c3ccccc3)s2)c(I)c1. The summed E-state index contributed by atoms with van der Waals surface area (Å²) in [6, 6.07) is 14.4. The van der Waals surface area contributed by atoms with Crippen LogP contribution in [0.1, 0.15) is 15.9 Å². The number of rotatable bonds is 3. The van der Waals surface area contributed by atoms with Gasteiger partial charge in [-0.05, 0) is 46.4 Å². The van der Waals surface area contributed by atoms with E-state index in [1.165, 1.54) is 23.5 Å². The maximum Gasteiger partial charge on any atom is 0.148 e. The first kappa shape index (κ1) is 14.9. The summed E-state index contributed by atoms with van der Waals surface area (Å²) in [5, 5.41) is 9.51. The summed E-state index contributed by atoms with van der Waals surface area (Å²) >= 11 is 9.96. The van der Waals surface area contributed by atoms with Crippen LogP contribution in [0.2, 0.25) is 0 Å². The molecule has 0 aliphatic heterocycles. The average Bonchev–Trinajstić information content (AvgIpc) is 2.97. The van der Waals surface area contributed by atoms with Gasteiger partial charge in [-0.25, -0.2) is 4.39 Å². The number of hydrogen-bond acceptors (Lipinski definition) is 3.